The third-order valence-electron chi connectivity index (χ3n) is 1.96. The Morgan fingerprint density at radius 3 is 2.59 bits per heavy atom. The number of ether oxygens (including phenoxy) is 3. The second-order valence-electron chi connectivity index (χ2n) is 3.24. The maximum absolute atomic E-state index is 10.6. The molecule has 0 aromatic heterocycles. The fourth-order valence-electron chi connectivity index (χ4n) is 1.13. The van der Waals surface area contributed by atoms with Crippen LogP contribution in [0.4, 0.5) is 4.79 Å². The van der Waals surface area contributed by atoms with E-state index in [1.807, 2.05) is 30.3 Å². The van der Waals surface area contributed by atoms with E-state index in [1.165, 1.54) is 7.11 Å². The molecule has 1 aromatic carbocycles. The summed E-state index contributed by atoms with van der Waals surface area (Å²) in [6.07, 6.45) is 2.83. The number of hydrogen-bond donors (Lipinski definition) is 0. The quantitative estimate of drug-likeness (QED) is 0.432. The first kappa shape index (κ1) is 13.3. The Balaban J connectivity index is 2.04. The highest BCUT2D eigenvalue weighted by Crippen LogP contribution is 2.00. The molecular weight excluding hydrogens is 220 g/mol. The van der Waals surface area contributed by atoms with Gasteiger partial charge in [-0.05, 0) is 11.6 Å². The maximum Gasteiger partial charge on any atom is 0.508 e. The van der Waals surface area contributed by atoms with Crippen LogP contribution in [0.2, 0.25) is 0 Å². The van der Waals surface area contributed by atoms with Crippen LogP contribution in [0.1, 0.15) is 5.56 Å². The molecule has 0 saturated heterocycles. The smallest absolute Gasteiger partial charge is 0.438 e. The zero-order valence-corrected chi connectivity index (χ0v) is 9.80. The first-order valence-corrected chi connectivity index (χ1v) is 5.30. The normalized spacial score (nSPS) is 10.4. The molecule has 0 atom stereocenters. The van der Waals surface area contributed by atoms with Crippen LogP contribution in [0.15, 0.2) is 42.5 Å². The molecule has 92 valence electrons. The molecule has 0 aliphatic rings. The van der Waals surface area contributed by atoms with E-state index >= 15 is 0 Å². The average molecular weight is 236 g/mol. The lowest BCUT2D eigenvalue weighted by atomic mass is 10.2. The number of methoxy groups -OCH3 is 1. The summed E-state index contributed by atoms with van der Waals surface area (Å²) in [5, 5.41) is 0. The van der Waals surface area contributed by atoms with Crippen molar-refractivity contribution in [2.75, 3.05) is 20.3 Å². The first-order valence-electron chi connectivity index (χ1n) is 5.30. The average Bonchev–Trinajstić information content (AvgIpc) is 2.38. The van der Waals surface area contributed by atoms with Crippen molar-refractivity contribution in [3.05, 3.63) is 48.0 Å². The van der Waals surface area contributed by atoms with Gasteiger partial charge in [-0.1, -0.05) is 36.4 Å². The molecule has 1 rings (SSSR count). The van der Waals surface area contributed by atoms with Crippen molar-refractivity contribution in [1.82, 2.24) is 0 Å². The van der Waals surface area contributed by atoms with Crippen LogP contribution < -0.4 is 0 Å². The van der Waals surface area contributed by atoms with Crippen molar-refractivity contribution in [3.8, 4) is 0 Å². The number of benzene rings is 1. The van der Waals surface area contributed by atoms with Gasteiger partial charge >= 0.3 is 6.16 Å². The van der Waals surface area contributed by atoms with Gasteiger partial charge in [-0.25, -0.2) is 4.79 Å². The Bertz CT molecular complexity index is 346. The monoisotopic (exact) mass is 236 g/mol. The van der Waals surface area contributed by atoms with Gasteiger partial charge in [-0.3, -0.25) is 0 Å². The van der Waals surface area contributed by atoms with Crippen LogP contribution in [0.25, 0.3) is 0 Å². The number of hydrogen-bond acceptors (Lipinski definition) is 4. The third kappa shape index (κ3) is 6.37. The standard InChI is InChI=1S/C13H16O4/c1-15-13(14)17-10-6-5-9-16-11-12-7-3-2-4-8-12/h2-8H,9-11H2,1H3/b6-5+. The second kappa shape index (κ2) is 8.35. The van der Waals surface area contributed by atoms with E-state index in [9.17, 15) is 4.79 Å². The molecule has 0 radical (unpaired) electrons. The van der Waals surface area contributed by atoms with Crippen molar-refractivity contribution in [2.45, 2.75) is 6.61 Å². The van der Waals surface area contributed by atoms with E-state index in [4.69, 9.17) is 4.74 Å². The van der Waals surface area contributed by atoms with E-state index in [0.717, 1.165) is 5.56 Å². The van der Waals surface area contributed by atoms with Crippen LogP contribution >= 0.6 is 0 Å². The molecular formula is C13H16O4. The van der Waals surface area contributed by atoms with Crippen molar-refractivity contribution in [3.63, 3.8) is 0 Å². The highest BCUT2D eigenvalue weighted by Gasteiger charge is 1.95. The number of carbonyl (C=O) groups is 1. The lowest BCUT2D eigenvalue weighted by molar-refractivity contribution is 0.0815. The molecule has 4 heteroatoms. The number of rotatable bonds is 6. The van der Waals surface area contributed by atoms with Crippen molar-refractivity contribution >= 4 is 6.16 Å². The zero-order chi connectivity index (χ0) is 12.3. The molecule has 0 fully saturated rings. The highest BCUT2D eigenvalue weighted by atomic mass is 16.7. The predicted molar refractivity (Wildman–Crippen MR) is 63.6 cm³/mol. The molecule has 0 N–H and O–H groups in total. The summed E-state index contributed by atoms with van der Waals surface area (Å²) in [4.78, 5) is 10.6. The van der Waals surface area contributed by atoms with Gasteiger partial charge in [0.05, 0.1) is 20.3 Å². The van der Waals surface area contributed by atoms with Crippen molar-refractivity contribution < 1.29 is 19.0 Å². The van der Waals surface area contributed by atoms with Gasteiger partial charge in [-0.15, -0.1) is 0 Å². The molecule has 17 heavy (non-hydrogen) atoms. The molecule has 0 spiro atoms. The zero-order valence-electron chi connectivity index (χ0n) is 9.80. The SMILES string of the molecule is COC(=O)OC/C=C/COCc1ccccc1. The topological polar surface area (TPSA) is 44.8 Å². The Morgan fingerprint density at radius 2 is 1.88 bits per heavy atom. The third-order valence-corrected chi connectivity index (χ3v) is 1.96. The van der Waals surface area contributed by atoms with Gasteiger partial charge in [0.25, 0.3) is 0 Å². The largest absolute Gasteiger partial charge is 0.508 e. The summed E-state index contributed by atoms with van der Waals surface area (Å²) in [6.45, 7) is 1.25. The predicted octanol–water partition coefficient (Wildman–Crippen LogP) is 2.54. The fourth-order valence-corrected chi connectivity index (χ4v) is 1.13. The first-order chi connectivity index (χ1) is 8.33. The lowest BCUT2D eigenvalue weighted by Crippen LogP contribution is -2.03. The molecule has 0 aliphatic heterocycles. The van der Waals surface area contributed by atoms with Gasteiger partial charge in [-0.2, -0.15) is 0 Å². The molecule has 0 saturated carbocycles. The fraction of sp³-hybridized carbons (Fsp3) is 0.308. The minimum Gasteiger partial charge on any atom is -0.438 e. The van der Waals surface area contributed by atoms with Crippen LogP contribution in [-0.4, -0.2) is 26.5 Å². The molecule has 0 heterocycles. The van der Waals surface area contributed by atoms with E-state index in [0.29, 0.717) is 13.2 Å². The van der Waals surface area contributed by atoms with Gasteiger partial charge in [0, 0.05) is 0 Å². The van der Waals surface area contributed by atoms with Crippen LogP contribution in [0.3, 0.4) is 0 Å². The Labute approximate surface area is 101 Å². The molecule has 1 aromatic rings. The van der Waals surface area contributed by atoms with E-state index < -0.39 is 6.16 Å². The Morgan fingerprint density at radius 1 is 1.18 bits per heavy atom. The Hall–Kier alpha value is -1.81. The highest BCUT2D eigenvalue weighted by molar-refractivity contribution is 5.59. The summed E-state index contributed by atoms with van der Waals surface area (Å²) in [6, 6.07) is 9.92. The van der Waals surface area contributed by atoms with Crippen molar-refractivity contribution in [2.24, 2.45) is 0 Å². The summed E-state index contributed by atoms with van der Waals surface area (Å²) in [5.74, 6) is 0. The van der Waals surface area contributed by atoms with Crippen LogP contribution in [0.5, 0.6) is 0 Å². The minimum absolute atomic E-state index is 0.196. The van der Waals surface area contributed by atoms with Crippen molar-refractivity contribution in [1.29, 1.82) is 0 Å². The summed E-state index contributed by atoms with van der Waals surface area (Å²) < 4.78 is 14.4. The van der Waals surface area contributed by atoms with Crippen LogP contribution in [-0.2, 0) is 20.8 Å². The van der Waals surface area contributed by atoms with Gasteiger partial charge < -0.3 is 14.2 Å². The summed E-state index contributed by atoms with van der Waals surface area (Å²) >= 11 is 0. The molecule has 0 aliphatic carbocycles. The number of carbonyl (C=O) groups excluding carboxylic acids is 1. The van der Waals surface area contributed by atoms with Crippen LogP contribution in [0, 0.1) is 0 Å². The van der Waals surface area contributed by atoms with Gasteiger partial charge in [0.2, 0.25) is 0 Å². The lowest BCUT2D eigenvalue weighted by Gasteiger charge is -2.01. The summed E-state index contributed by atoms with van der Waals surface area (Å²) in [7, 11) is 1.27. The van der Waals surface area contributed by atoms with E-state index in [-0.39, 0.29) is 6.61 Å². The maximum atomic E-state index is 10.6. The van der Waals surface area contributed by atoms with Gasteiger partial charge in [0.1, 0.15) is 6.61 Å². The molecule has 0 unspecified atom stereocenters. The molecule has 0 bridgehead atoms. The molecule has 4 nitrogen and oxygen atoms in total. The minimum atomic E-state index is -0.681. The molecule has 0 amide bonds. The van der Waals surface area contributed by atoms with Gasteiger partial charge in [0.15, 0.2) is 0 Å². The summed E-state index contributed by atoms with van der Waals surface area (Å²) in [5.41, 5.74) is 1.13. The second-order valence-corrected chi connectivity index (χ2v) is 3.24. The Kier molecular flexibility index (Phi) is 6.51. The van der Waals surface area contributed by atoms with E-state index in [1.54, 1.807) is 12.2 Å². The van der Waals surface area contributed by atoms with E-state index in [2.05, 4.69) is 9.47 Å².